The van der Waals surface area contributed by atoms with Gasteiger partial charge in [0, 0.05) is 24.7 Å². The van der Waals surface area contributed by atoms with E-state index in [9.17, 15) is 13.2 Å². The average molecular weight is 338 g/mol. The maximum Gasteiger partial charge on any atom is 0.222 e. The maximum absolute atomic E-state index is 11.8. The van der Waals surface area contributed by atoms with Crippen molar-refractivity contribution in [2.24, 2.45) is 0 Å². The highest BCUT2D eigenvalue weighted by molar-refractivity contribution is 7.91. The number of hydrogen-bond acceptors (Lipinski definition) is 4. The molecule has 1 aliphatic rings. The van der Waals surface area contributed by atoms with Crippen LogP contribution in [0.4, 0.5) is 5.69 Å². The summed E-state index contributed by atoms with van der Waals surface area (Å²) in [4.78, 5) is 11.8. The lowest BCUT2D eigenvalue weighted by molar-refractivity contribution is -0.121. The molecule has 23 heavy (non-hydrogen) atoms. The summed E-state index contributed by atoms with van der Waals surface area (Å²) >= 11 is 0. The number of amides is 1. The lowest BCUT2D eigenvalue weighted by Gasteiger charge is -2.19. The Morgan fingerprint density at radius 3 is 2.39 bits per heavy atom. The normalized spacial score (nSPS) is 20.2. The number of hydrogen-bond donors (Lipinski definition) is 2. The van der Waals surface area contributed by atoms with Gasteiger partial charge in [-0.1, -0.05) is 32.9 Å². The van der Waals surface area contributed by atoms with Gasteiger partial charge in [-0.2, -0.15) is 0 Å². The molecule has 5 nitrogen and oxygen atoms in total. The maximum atomic E-state index is 11.8. The predicted molar refractivity (Wildman–Crippen MR) is 93.5 cm³/mol. The predicted octanol–water partition coefficient (Wildman–Crippen LogP) is 2.09. The molecule has 1 aliphatic heterocycles. The smallest absolute Gasteiger partial charge is 0.222 e. The lowest BCUT2D eigenvalue weighted by Crippen LogP contribution is -2.36. The highest BCUT2D eigenvalue weighted by atomic mass is 32.2. The van der Waals surface area contributed by atoms with Gasteiger partial charge in [-0.05, 0) is 29.5 Å². The zero-order valence-electron chi connectivity index (χ0n) is 14.1. The Bertz CT molecular complexity index is 645. The van der Waals surface area contributed by atoms with E-state index in [0.717, 1.165) is 5.69 Å². The molecule has 0 bridgehead atoms. The topological polar surface area (TPSA) is 75.3 Å². The minimum atomic E-state index is -2.95. The molecule has 1 amide bonds. The number of sulfone groups is 1. The van der Waals surface area contributed by atoms with Crippen LogP contribution in [-0.4, -0.2) is 38.4 Å². The molecule has 2 N–H and O–H groups in total. The first-order valence-electron chi connectivity index (χ1n) is 8.00. The zero-order chi connectivity index (χ0) is 17.1. The summed E-state index contributed by atoms with van der Waals surface area (Å²) < 4.78 is 22.7. The van der Waals surface area contributed by atoms with Gasteiger partial charge in [0.1, 0.15) is 0 Å². The number of benzene rings is 1. The van der Waals surface area contributed by atoms with E-state index in [1.807, 2.05) is 12.1 Å². The van der Waals surface area contributed by atoms with Crippen LogP contribution in [0.3, 0.4) is 0 Å². The zero-order valence-corrected chi connectivity index (χ0v) is 14.9. The van der Waals surface area contributed by atoms with E-state index in [1.54, 1.807) is 0 Å². The summed E-state index contributed by atoms with van der Waals surface area (Å²) in [6, 6.07) is 7.99. The van der Waals surface area contributed by atoms with Gasteiger partial charge in [-0.3, -0.25) is 4.79 Å². The van der Waals surface area contributed by atoms with Crippen LogP contribution in [0.2, 0.25) is 0 Å². The van der Waals surface area contributed by atoms with E-state index in [4.69, 9.17) is 0 Å². The summed E-state index contributed by atoms with van der Waals surface area (Å²) in [6.07, 6.45) is 0.855. The number of anilines is 1. The van der Waals surface area contributed by atoms with E-state index < -0.39 is 9.84 Å². The summed E-state index contributed by atoms with van der Waals surface area (Å²) in [6.45, 7) is 7.04. The molecule has 1 aromatic rings. The lowest BCUT2D eigenvalue weighted by atomic mass is 9.87. The molecule has 128 valence electrons. The minimum Gasteiger partial charge on any atom is -0.385 e. The second-order valence-electron chi connectivity index (χ2n) is 7.17. The third-order valence-electron chi connectivity index (χ3n) is 4.03. The summed E-state index contributed by atoms with van der Waals surface area (Å²) in [7, 11) is -2.95. The molecule has 6 heteroatoms. The van der Waals surface area contributed by atoms with E-state index in [-0.39, 0.29) is 28.9 Å². The molecule has 0 aliphatic carbocycles. The van der Waals surface area contributed by atoms with Crippen molar-refractivity contribution in [3.63, 3.8) is 0 Å². The van der Waals surface area contributed by atoms with Gasteiger partial charge in [0.05, 0.1) is 11.5 Å². The van der Waals surface area contributed by atoms with Crippen molar-refractivity contribution in [2.45, 2.75) is 45.1 Å². The molecule has 2 rings (SSSR count). The van der Waals surface area contributed by atoms with Gasteiger partial charge in [0.25, 0.3) is 0 Å². The number of rotatable bonds is 5. The van der Waals surface area contributed by atoms with Crippen molar-refractivity contribution in [1.29, 1.82) is 0 Å². The number of nitrogens with one attached hydrogen (secondary N) is 2. The van der Waals surface area contributed by atoms with E-state index in [2.05, 4.69) is 43.5 Å². The van der Waals surface area contributed by atoms with Crippen LogP contribution in [0, 0.1) is 0 Å². The molecular weight excluding hydrogens is 312 g/mol. The number of carbonyl (C=O) groups excluding carboxylic acids is 1. The summed E-state index contributed by atoms with van der Waals surface area (Å²) in [5.74, 6) is 0.141. The fourth-order valence-electron chi connectivity index (χ4n) is 2.62. The van der Waals surface area contributed by atoms with Gasteiger partial charge in [-0.15, -0.1) is 0 Å². The Hall–Kier alpha value is -1.56. The van der Waals surface area contributed by atoms with Gasteiger partial charge in [0.2, 0.25) is 5.91 Å². The second kappa shape index (κ2) is 6.91. The number of carbonyl (C=O) groups is 1. The molecule has 0 aromatic heterocycles. The fourth-order valence-corrected chi connectivity index (χ4v) is 4.29. The van der Waals surface area contributed by atoms with Crippen molar-refractivity contribution in [3.8, 4) is 0 Å². The molecule has 1 aromatic carbocycles. The van der Waals surface area contributed by atoms with E-state index in [0.29, 0.717) is 19.4 Å². The summed E-state index contributed by atoms with van der Waals surface area (Å²) in [5, 5.41) is 6.01. The van der Waals surface area contributed by atoms with Crippen LogP contribution < -0.4 is 10.6 Å². The molecule has 1 atom stereocenters. The fraction of sp³-hybridized carbons (Fsp3) is 0.588. The van der Waals surface area contributed by atoms with Crippen LogP contribution in [0.25, 0.3) is 0 Å². The van der Waals surface area contributed by atoms with Crippen LogP contribution in [0.1, 0.15) is 39.2 Å². The third-order valence-corrected chi connectivity index (χ3v) is 5.80. The Morgan fingerprint density at radius 1 is 1.22 bits per heavy atom. The quantitative estimate of drug-likeness (QED) is 0.862. The van der Waals surface area contributed by atoms with Gasteiger partial charge >= 0.3 is 0 Å². The van der Waals surface area contributed by atoms with Crippen LogP contribution >= 0.6 is 0 Å². The standard InChI is InChI=1S/C17H26N2O3S/c1-17(2,3)13-4-6-14(7-5-13)18-10-8-16(20)19-15-9-11-23(21,22)12-15/h4-7,15,18H,8-12H2,1-3H3,(H,19,20). The van der Waals surface area contributed by atoms with E-state index in [1.165, 1.54) is 5.56 Å². The molecule has 1 saturated heterocycles. The Kier molecular flexibility index (Phi) is 5.34. The Balaban J connectivity index is 1.73. The Labute approximate surface area is 138 Å². The molecular formula is C17H26N2O3S. The van der Waals surface area contributed by atoms with Crippen molar-refractivity contribution >= 4 is 21.4 Å². The molecule has 0 saturated carbocycles. The van der Waals surface area contributed by atoms with Gasteiger partial charge < -0.3 is 10.6 Å². The highest BCUT2D eigenvalue weighted by Crippen LogP contribution is 2.23. The Morgan fingerprint density at radius 2 is 1.87 bits per heavy atom. The van der Waals surface area contributed by atoms with Gasteiger partial charge in [0.15, 0.2) is 9.84 Å². The van der Waals surface area contributed by atoms with Crippen molar-refractivity contribution in [2.75, 3.05) is 23.4 Å². The molecule has 1 unspecified atom stereocenters. The third kappa shape index (κ3) is 5.53. The van der Waals surface area contributed by atoms with Gasteiger partial charge in [-0.25, -0.2) is 8.42 Å². The molecule has 1 fully saturated rings. The summed E-state index contributed by atoms with van der Waals surface area (Å²) in [5.41, 5.74) is 2.37. The van der Waals surface area contributed by atoms with Crippen molar-refractivity contribution in [3.05, 3.63) is 29.8 Å². The first kappa shape index (κ1) is 17.8. The first-order chi connectivity index (χ1) is 10.7. The largest absolute Gasteiger partial charge is 0.385 e. The molecule has 0 radical (unpaired) electrons. The SMILES string of the molecule is CC(C)(C)c1ccc(NCCC(=O)NC2CCS(=O)(=O)C2)cc1. The van der Waals surface area contributed by atoms with Crippen molar-refractivity contribution in [1.82, 2.24) is 5.32 Å². The molecule has 0 spiro atoms. The minimum absolute atomic E-state index is 0.0699. The molecule has 1 heterocycles. The van der Waals surface area contributed by atoms with Crippen LogP contribution in [0.15, 0.2) is 24.3 Å². The van der Waals surface area contributed by atoms with Crippen LogP contribution in [0.5, 0.6) is 0 Å². The first-order valence-corrected chi connectivity index (χ1v) is 9.82. The second-order valence-corrected chi connectivity index (χ2v) is 9.40. The van der Waals surface area contributed by atoms with Crippen molar-refractivity contribution < 1.29 is 13.2 Å². The highest BCUT2D eigenvalue weighted by Gasteiger charge is 2.28. The average Bonchev–Trinajstić information content (AvgIpc) is 2.77. The van der Waals surface area contributed by atoms with Crippen LogP contribution in [-0.2, 0) is 20.0 Å². The monoisotopic (exact) mass is 338 g/mol. The van der Waals surface area contributed by atoms with E-state index >= 15 is 0 Å².